The van der Waals surface area contributed by atoms with E-state index >= 15 is 0 Å². The van der Waals surface area contributed by atoms with Crippen LogP contribution in [0.3, 0.4) is 0 Å². The highest BCUT2D eigenvalue weighted by Gasteiger charge is 2.46. The molecule has 0 saturated carbocycles. The summed E-state index contributed by atoms with van der Waals surface area (Å²) in [7, 11) is 1.55. The zero-order chi connectivity index (χ0) is 25.3. The minimum absolute atomic E-state index is 0.100. The molecule has 35 heavy (non-hydrogen) atoms. The largest absolute Gasteiger partial charge is 0.497 e. The van der Waals surface area contributed by atoms with Crippen LogP contribution < -0.4 is 10.1 Å². The lowest BCUT2D eigenvalue weighted by Gasteiger charge is -2.34. The fourth-order valence-corrected chi connectivity index (χ4v) is 5.40. The molecule has 1 aliphatic carbocycles. The Kier molecular flexibility index (Phi) is 7.10. The highest BCUT2D eigenvalue weighted by Crippen LogP contribution is 2.42. The van der Waals surface area contributed by atoms with Gasteiger partial charge in [0.15, 0.2) is 5.78 Å². The number of carboxylic acids is 1. The molecule has 0 bridgehead atoms. The van der Waals surface area contributed by atoms with Crippen molar-refractivity contribution in [3.05, 3.63) is 53.3 Å². The van der Waals surface area contributed by atoms with E-state index in [0.717, 1.165) is 11.3 Å². The number of Topliss-reactive ketones (excluding diaryl/α,β-unsaturated/α-hetero) is 2. The van der Waals surface area contributed by atoms with Crippen molar-refractivity contribution in [2.75, 3.05) is 7.11 Å². The van der Waals surface area contributed by atoms with Gasteiger partial charge >= 0.3 is 5.97 Å². The number of nitrogens with zero attached hydrogens (tertiary/aromatic N) is 1. The van der Waals surface area contributed by atoms with E-state index in [0.29, 0.717) is 30.6 Å². The van der Waals surface area contributed by atoms with Crippen LogP contribution in [0.25, 0.3) is 0 Å². The Morgan fingerprint density at radius 1 is 1.20 bits per heavy atom. The van der Waals surface area contributed by atoms with Crippen LogP contribution in [-0.2, 0) is 27.3 Å². The number of amides is 1. The minimum atomic E-state index is -1.01. The van der Waals surface area contributed by atoms with Gasteiger partial charge in [-0.1, -0.05) is 20.3 Å². The fourth-order valence-electron chi connectivity index (χ4n) is 5.40. The number of hydrogen-bond acceptors (Lipinski definition) is 5. The first-order chi connectivity index (χ1) is 16.7. The number of methoxy groups -OCH3 is 1. The maximum Gasteiger partial charge on any atom is 0.308 e. The molecule has 2 aliphatic rings. The number of aromatic nitrogens is 1. The van der Waals surface area contributed by atoms with E-state index in [9.17, 15) is 24.3 Å². The zero-order valence-electron chi connectivity index (χ0n) is 20.3. The monoisotopic (exact) mass is 480 g/mol. The van der Waals surface area contributed by atoms with Crippen LogP contribution in [0.1, 0.15) is 60.6 Å². The summed E-state index contributed by atoms with van der Waals surface area (Å²) in [6.45, 7) is 4.10. The van der Waals surface area contributed by atoms with Gasteiger partial charge in [-0.2, -0.15) is 0 Å². The van der Waals surface area contributed by atoms with E-state index in [2.05, 4.69) is 5.32 Å². The molecule has 0 radical (unpaired) electrons. The average molecular weight is 481 g/mol. The maximum absolute atomic E-state index is 14.0. The molecule has 5 atom stereocenters. The number of carboxylic acid groups (broad SMARTS) is 1. The Hall–Kier alpha value is -3.42. The van der Waals surface area contributed by atoms with E-state index in [-0.39, 0.29) is 36.4 Å². The van der Waals surface area contributed by atoms with E-state index in [4.69, 9.17) is 4.74 Å². The first kappa shape index (κ1) is 24.7. The summed E-state index contributed by atoms with van der Waals surface area (Å²) in [6.07, 6.45) is 3.54. The van der Waals surface area contributed by atoms with Gasteiger partial charge in [0, 0.05) is 36.3 Å². The van der Waals surface area contributed by atoms with E-state index in [1.807, 2.05) is 30.7 Å². The van der Waals surface area contributed by atoms with Gasteiger partial charge in [0.25, 0.3) is 5.91 Å². The molecular formula is C27H32N2O6. The van der Waals surface area contributed by atoms with Crippen molar-refractivity contribution in [1.29, 1.82) is 0 Å². The number of ketones is 2. The summed E-state index contributed by atoms with van der Waals surface area (Å²) < 4.78 is 7.00. The smallest absolute Gasteiger partial charge is 0.308 e. The van der Waals surface area contributed by atoms with Crippen LogP contribution in [-0.4, -0.2) is 46.3 Å². The Morgan fingerprint density at radius 3 is 2.54 bits per heavy atom. The number of nitrogens with one attached hydrogen (secondary N) is 1. The summed E-state index contributed by atoms with van der Waals surface area (Å²) >= 11 is 0. The second-order valence-electron chi connectivity index (χ2n) is 9.67. The molecule has 4 rings (SSSR count). The average Bonchev–Trinajstić information content (AvgIpc) is 3.20. The van der Waals surface area contributed by atoms with Crippen LogP contribution in [0.2, 0.25) is 0 Å². The SMILES string of the molecule is CCC(C)C(NC(=O)c1ccc(OC)cc1)C(=O)[C@H]1CCc2ccn3c2C1C(=O)C[C@H](C(=O)O)C3. The molecule has 186 valence electrons. The molecule has 1 amide bonds. The first-order valence-corrected chi connectivity index (χ1v) is 12.2. The number of ether oxygens (including phenoxy) is 1. The van der Waals surface area contributed by atoms with Crippen LogP contribution in [0.5, 0.6) is 5.75 Å². The molecule has 2 N–H and O–H groups in total. The molecule has 0 saturated heterocycles. The van der Waals surface area contributed by atoms with Gasteiger partial charge in [-0.15, -0.1) is 0 Å². The third kappa shape index (κ3) is 4.74. The Bertz CT molecular complexity index is 1140. The molecule has 0 fully saturated rings. The number of aliphatic carboxylic acids is 1. The van der Waals surface area contributed by atoms with Gasteiger partial charge in [0.1, 0.15) is 11.5 Å². The molecule has 3 unspecified atom stereocenters. The third-order valence-electron chi connectivity index (χ3n) is 7.60. The molecule has 1 aromatic carbocycles. The summed E-state index contributed by atoms with van der Waals surface area (Å²) in [5.74, 6) is -3.35. The Labute approximate surface area is 204 Å². The topological polar surface area (TPSA) is 115 Å². The van der Waals surface area contributed by atoms with E-state index < -0.39 is 29.8 Å². The van der Waals surface area contributed by atoms with Gasteiger partial charge in [-0.05, 0) is 54.7 Å². The highest BCUT2D eigenvalue weighted by molar-refractivity contribution is 6.01. The third-order valence-corrected chi connectivity index (χ3v) is 7.60. The second-order valence-corrected chi connectivity index (χ2v) is 9.67. The zero-order valence-corrected chi connectivity index (χ0v) is 20.3. The maximum atomic E-state index is 14.0. The highest BCUT2D eigenvalue weighted by atomic mass is 16.5. The molecule has 8 nitrogen and oxygen atoms in total. The molecule has 0 spiro atoms. The molecular weight excluding hydrogens is 448 g/mol. The standard InChI is InChI=1S/C27H32N2O6/c1-4-15(2)23(28-26(32)17-5-8-19(35-3)9-6-17)25(31)20-10-7-16-11-12-29-14-18(27(33)34)13-21(30)22(20)24(16)29/h5-6,8-9,11-12,15,18,20,22-23H,4,7,10,13-14H2,1-3H3,(H,28,32)(H,33,34)/t15?,18-,20-,22?,23?/m0/s1. The summed E-state index contributed by atoms with van der Waals surface area (Å²) in [5, 5.41) is 12.5. The molecule has 2 aromatic rings. The van der Waals surface area contributed by atoms with E-state index in [1.165, 1.54) is 0 Å². The normalized spacial score (nSPS) is 22.9. The molecule has 8 heteroatoms. The van der Waals surface area contributed by atoms with E-state index in [1.54, 1.807) is 31.4 Å². The van der Waals surface area contributed by atoms with Crippen molar-refractivity contribution < 1.29 is 29.0 Å². The predicted octanol–water partition coefficient (Wildman–Crippen LogP) is 3.23. The summed E-state index contributed by atoms with van der Waals surface area (Å²) in [4.78, 5) is 52.1. The van der Waals surface area contributed by atoms with Crippen molar-refractivity contribution in [2.24, 2.45) is 17.8 Å². The molecule has 2 heterocycles. The lowest BCUT2D eigenvalue weighted by Crippen LogP contribution is -2.50. The number of benzene rings is 1. The predicted molar refractivity (Wildman–Crippen MR) is 128 cm³/mol. The van der Waals surface area contributed by atoms with Crippen molar-refractivity contribution in [3.63, 3.8) is 0 Å². The quantitative estimate of drug-likeness (QED) is 0.600. The molecule has 1 aromatic heterocycles. The number of hydrogen-bond donors (Lipinski definition) is 2. The van der Waals surface area contributed by atoms with Gasteiger partial charge in [-0.25, -0.2) is 0 Å². The summed E-state index contributed by atoms with van der Waals surface area (Å²) in [6, 6.07) is 7.85. The Morgan fingerprint density at radius 2 is 1.91 bits per heavy atom. The van der Waals surface area contributed by atoms with Crippen LogP contribution >= 0.6 is 0 Å². The number of carbonyl (C=O) groups excluding carboxylic acids is 3. The number of aryl methyl sites for hydroxylation is 1. The van der Waals surface area contributed by atoms with Crippen molar-refractivity contribution in [3.8, 4) is 5.75 Å². The van der Waals surface area contributed by atoms with Gasteiger partial charge in [0.05, 0.1) is 25.0 Å². The van der Waals surface area contributed by atoms with Crippen molar-refractivity contribution >= 4 is 23.4 Å². The second kappa shape index (κ2) is 10.1. The minimum Gasteiger partial charge on any atom is -0.497 e. The van der Waals surface area contributed by atoms with Crippen LogP contribution in [0, 0.1) is 17.8 Å². The van der Waals surface area contributed by atoms with Crippen LogP contribution in [0.15, 0.2) is 36.5 Å². The van der Waals surface area contributed by atoms with Crippen LogP contribution in [0.4, 0.5) is 0 Å². The fraction of sp³-hybridized carbons (Fsp3) is 0.481. The van der Waals surface area contributed by atoms with Crippen molar-refractivity contribution in [2.45, 2.75) is 58.0 Å². The number of rotatable bonds is 8. The first-order valence-electron chi connectivity index (χ1n) is 12.2. The Balaban J connectivity index is 1.63. The lowest BCUT2D eigenvalue weighted by atomic mass is 9.71. The summed E-state index contributed by atoms with van der Waals surface area (Å²) in [5.41, 5.74) is 2.19. The molecule has 1 aliphatic heterocycles. The van der Waals surface area contributed by atoms with Gasteiger partial charge < -0.3 is 19.7 Å². The number of carbonyl (C=O) groups is 4. The van der Waals surface area contributed by atoms with Gasteiger partial charge in [-0.3, -0.25) is 19.2 Å². The van der Waals surface area contributed by atoms with Gasteiger partial charge in [0.2, 0.25) is 0 Å². The lowest BCUT2D eigenvalue weighted by molar-refractivity contribution is -0.144. The van der Waals surface area contributed by atoms with Crippen molar-refractivity contribution in [1.82, 2.24) is 9.88 Å².